The molecule has 0 saturated heterocycles. The Bertz CT molecular complexity index is 1190. The third-order valence-corrected chi connectivity index (χ3v) is 5.35. The van der Waals surface area contributed by atoms with Gasteiger partial charge in [-0.1, -0.05) is 18.2 Å². The van der Waals surface area contributed by atoms with E-state index in [2.05, 4.69) is 20.6 Å². The number of amides is 2. The Balaban J connectivity index is 1.63. The number of hydrogen-bond acceptors (Lipinski definition) is 5. The standard InChI is InChI=1S/C23H27N5O4/c1-13-10-25-21(30)19-18(26-12-28(13)19)20(29)27-17(22(31)32-23(2,3)4)9-14-11-24-16-8-6-5-7-15(14)16/h5-8,11-13,17,24H,9-10H2,1-4H3,(H,25,30)(H,27,29)/t13-,17-/m0/s1. The van der Waals surface area contributed by atoms with Crippen LogP contribution in [0, 0.1) is 0 Å². The van der Waals surface area contributed by atoms with Gasteiger partial charge in [-0.25, -0.2) is 9.78 Å². The fourth-order valence-electron chi connectivity index (χ4n) is 3.82. The molecule has 9 heteroatoms. The van der Waals surface area contributed by atoms with E-state index >= 15 is 0 Å². The number of aromatic amines is 1. The number of nitrogens with one attached hydrogen (secondary N) is 3. The van der Waals surface area contributed by atoms with Crippen LogP contribution < -0.4 is 10.6 Å². The number of carbonyl (C=O) groups is 3. The highest BCUT2D eigenvalue weighted by Gasteiger charge is 2.33. The van der Waals surface area contributed by atoms with Crippen LogP contribution in [0.1, 0.15) is 60.3 Å². The molecule has 0 aliphatic carbocycles. The van der Waals surface area contributed by atoms with Gasteiger partial charge in [-0.2, -0.15) is 0 Å². The molecule has 3 N–H and O–H groups in total. The highest BCUT2D eigenvalue weighted by atomic mass is 16.6. The van der Waals surface area contributed by atoms with Gasteiger partial charge in [0.2, 0.25) is 0 Å². The molecule has 1 aromatic carbocycles. The predicted molar refractivity (Wildman–Crippen MR) is 118 cm³/mol. The van der Waals surface area contributed by atoms with Gasteiger partial charge >= 0.3 is 5.97 Å². The topological polar surface area (TPSA) is 118 Å². The fraction of sp³-hybridized carbons (Fsp3) is 0.391. The number of carbonyl (C=O) groups excluding carboxylic acids is 3. The Labute approximate surface area is 185 Å². The fourth-order valence-corrected chi connectivity index (χ4v) is 3.82. The lowest BCUT2D eigenvalue weighted by molar-refractivity contribution is -0.157. The monoisotopic (exact) mass is 437 g/mol. The number of para-hydroxylation sites is 1. The van der Waals surface area contributed by atoms with Crippen molar-refractivity contribution in [3.8, 4) is 0 Å². The number of aromatic nitrogens is 3. The molecule has 1 aliphatic rings. The molecule has 168 valence electrons. The van der Waals surface area contributed by atoms with Crippen molar-refractivity contribution in [2.75, 3.05) is 6.54 Å². The largest absolute Gasteiger partial charge is 0.458 e. The van der Waals surface area contributed by atoms with Crippen molar-refractivity contribution < 1.29 is 19.1 Å². The van der Waals surface area contributed by atoms with Gasteiger partial charge in [0.25, 0.3) is 11.8 Å². The number of fused-ring (bicyclic) bond motifs is 2. The number of imidazole rings is 1. The Morgan fingerprint density at radius 3 is 2.81 bits per heavy atom. The van der Waals surface area contributed by atoms with E-state index in [1.165, 1.54) is 6.33 Å². The van der Waals surface area contributed by atoms with Crippen LogP contribution in [0.4, 0.5) is 0 Å². The normalized spacial score (nSPS) is 16.9. The Hall–Kier alpha value is -3.62. The maximum absolute atomic E-state index is 13.1. The second-order valence-electron chi connectivity index (χ2n) is 9.03. The van der Waals surface area contributed by atoms with E-state index < -0.39 is 23.5 Å². The van der Waals surface area contributed by atoms with Crippen LogP contribution in [0.3, 0.4) is 0 Å². The van der Waals surface area contributed by atoms with Crippen LogP contribution in [0.25, 0.3) is 10.9 Å². The summed E-state index contributed by atoms with van der Waals surface area (Å²) in [6.45, 7) is 7.70. The molecule has 0 bridgehead atoms. The lowest BCUT2D eigenvalue weighted by atomic mass is 10.0. The summed E-state index contributed by atoms with van der Waals surface area (Å²) in [7, 11) is 0. The van der Waals surface area contributed by atoms with Gasteiger partial charge in [0.05, 0.1) is 6.33 Å². The molecule has 0 saturated carbocycles. The first-order valence-corrected chi connectivity index (χ1v) is 10.6. The minimum atomic E-state index is -0.956. The van der Waals surface area contributed by atoms with Crippen LogP contribution in [-0.2, 0) is 16.0 Å². The zero-order chi connectivity index (χ0) is 23.0. The quantitative estimate of drug-likeness (QED) is 0.530. The maximum Gasteiger partial charge on any atom is 0.329 e. The van der Waals surface area contributed by atoms with E-state index in [0.29, 0.717) is 6.54 Å². The maximum atomic E-state index is 13.1. The van der Waals surface area contributed by atoms with Gasteiger partial charge in [-0.3, -0.25) is 9.59 Å². The summed E-state index contributed by atoms with van der Waals surface area (Å²) in [6, 6.07) is 6.75. The van der Waals surface area contributed by atoms with Gasteiger partial charge in [-0.15, -0.1) is 0 Å². The Morgan fingerprint density at radius 1 is 1.31 bits per heavy atom. The molecule has 9 nitrogen and oxygen atoms in total. The van der Waals surface area contributed by atoms with Crippen molar-refractivity contribution in [3.63, 3.8) is 0 Å². The molecule has 0 unspecified atom stereocenters. The van der Waals surface area contributed by atoms with Crippen molar-refractivity contribution in [2.24, 2.45) is 0 Å². The molecule has 1 aliphatic heterocycles. The number of H-pyrrole nitrogens is 1. The molecule has 3 aromatic rings. The van der Waals surface area contributed by atoms with E-state index in [1.807, 2.05) is 37.4 Å². The van der Waals surface area contributed by atoms with Gasteiger partial charge < -0.3 is 24.9 Å². The predicted octanol–water partition coefficient (Wildman–Crippen LogP) is 2.35. The third kappa shape index (κ3) is 4.23. The van der Waals surface area contributed by atoms with Crippen molar-refractivity contribution >= 4 is 28.7 Å². The van der Waals surface area contributed by atoms with Crippen LogP contribution in [0.5, 0.6) is 0 Å². The molecule has 32 heavy (non-hydrogen) atoms. The summed E-state index contributed by atoms with van der Waals surface area (Å²) in [6.07, 6.45) is 3.53. The Morgan fingerprint density at radius 2 is 2.06 bits per heavy atom. The summed E-state index contributed by atoms with van der Waals surface area (Å²) in [4.78, 5) is 45.8. The van der Waals surface area contributed by atoms with Crippen molar-refractivity contribution in [1.82, 2.24) is 25.2 Å². The van der Waals surface area contributed by atoms with E-state index in [-0.39, 0.29) is 29.8 Å². The molecule has 0 spiro atoms. The number of hydrogen-bond donors (Lipinski definition) is 3. The zero-order valence-electron chi connectivity index (χ0n) is 18.6. The van der Waals surface area contributed by atoms with E-state index in [4.69, 9.17) is 4.74 Å². The summed E-state index contributed by atoms with van der Waals surface area (Å²) >= 11 is 0. The first-order chi connectivity index (χ1) is 15.1. The van der Waals surface area contributed by atoms with Gasteiger partial charge in [-0.05, 0) is 39.3 Å². The lowest BCUT2D eigenvalue weighted by Crippen LogP contribution is -2.46. The average Bonchev–Trinajstić information content (AvgIpc) is 3.35. The van der Waals surface area contributed by atoms with Crippen LogP contribution in [0.15, 0.2) is 36.8 Å². The van der Waals surface area contributed by atoms with Crippen LogP contribution in [-0.4, -0.2) is 50.5 Å². The van der Waals surface area contributed by atoms with Crippen molar-refractivity contribution in [3.05, 3.63) is 53.7 Å². The van der Waals surface area contributed by atoms with Crippen molar-refractivity contribution in [2.45, 2.75) is 51.8 Å². The number of benzene rings is 1. The molecule has 2 atom stereocenters. The van der Waals surface area contributed by atoms with Gasteiger partial charge in [0.1, 0.15) is 17.3 Å². The minimum Gasteiger partial charge on any atom is -0.458 e. The van der Waals surface area contributed by atoms with E-state index in [0.717, 1.165) is 16.5 Å². The molecular formula is C23H27N5O4. The highest BCUT2D eigenvalue weighted by Crippen LogP contribution is 2.22. The van der Waals surface area contributed by atoms with Gasteiger partial charge in [0.15, 0.2) is 5.69 Å². The molecule has 0 fully saturated rings. The summed E-state index contributed by atoms with van der Waals surface area (Å²) in [5.41, 5.74) is 1.27. The van der Waals surface area contributed by atoms with Crippen molar-refractivity contribution in [1.29, 1.82) is 0 Å². The molecule has 3 heterocycles. The van der Waals surface area contributed by atoms with Gasteiger partial charge in [0, 0.05) is 36.1 Å². The highest BCUT2D eigenvalue weighted by molar-refractivity contribution is 6.06. The zero-order valence-corrected chi connectivity index (χ0v) is 18.6. The first kappa shape index (κ1) is 21.6. The first-order valence-electron chi connectivity index (χ1n) is 10.6. The van der Waals surface area contributed by atoms with Crippen LogP contribution >= 0.6 is 0 Å². The average molecular weight is 438 g/mol. The number of rotatable bonds is 5. The summed E-state index contributed by atoms with van der Waals surface area (Å²) < 4.78 is 7.24. The summed E-state index contributed by atoms with van der Waals surface area (Å²) in [5, 5.41) is 6.47. The molecule has 0 radical (unpaired) electrons. The third-order valence-electron chi connectivity index (χ3n) is 5.35. The molecule has 2 aromatic heterocycles. The SMILES string of the molecule is C[C@H]1CNC(=O)c2c(C(=O)N[C@@H](Cc3c[nH]c4ccccc34)C(=O)OC(C)(C)C)ncn21. The molecule has 4 rings (SSSR count). The Kier molecular flexibility index (Phi) is 5.50. The van der Waals surface area contributed by atoms with E-state index in [9.17, 15) is 14.4 Å². The minimum absolute atomic E-state index is 0.0125. The number of nitrogens with zero attached hydrogens (tertiary/aromatic N) is 2. The second kappa shape index (κ2) is 8.14. The number of ether oxygens (including phenoxy) is 1. The van der Waals surface area contributed by atoms with E-state index in [1.54, 1.807) is 25.3 Å². The summed E-state index contributed by atoms with van der Waals surface area (Å²) in [5.74, 6) is -1.52. The lowest BCUT2D eigenvalue weighted by Gasteiger charge is -2.25. The smallest absolute Gasteiger partial charge is 0.329 e. The molecular weight excluding hydrogens is 410 g/mol. The number of esters is 1. The molecule has 2 amide bonds. The van der Waals surface area contributed by atoms with Crippen LogP contribution in [0.2, 0.25) is 0 Å². The second-order valence-corrected chi connectivity index (χ2v) is 9.03.